The Hall–Kier alpha value is -0.570. The van der Waals surface area contributed by atoms with Crippen LogP contribution in [0, 0.1) is 10.7 Å². The average molecular weight is 226 g/mol. The van der Waals surface area contributed by atoms with Crippen molar-refractivity contribution in [1.29, 1.82) is 0 Å². The van der Waals surface area contributed by atoms with Crippen molar-refractivity contribution in [2.45, 2.75) is 53.0 Å². The van der Waals surface area contributed by atoms with E-state index in [1.165, 1.54) is 18.5 Å². The van der Waals surface area contributed by atoms with Gasteiger partial charge in [0.25, 0.3) is 0 Å². The van der Waals surface area contributed by atoms with E-state index in [9.17, 15) is 0 Å². The molecule has 0 fully saturated rings. The van der Waals surface area contributed by atoms with Crippen LogP contribution in [0.2, 0.25) is 0 Å². The molecule has 0 saturated carbocycles. The van der Waals surface area contributed by atoms with Crippen LogP contribution >= 0.6 is 12.2 Å². The number of nitrogens with one attached hydrogen (secondary N) is 1. The van der Waals surface area contributed by atoms with Crippen molar-refractivity contribution in [2.24, 2.45) is 5.92 Å². The molecule has 0 aromatic carbocycles. The van der Waals surface area contributed by atoms with Crippen molar-refractivity contribution >= 4 is 12.2 Å². The summed E-state index contributed by atoms with van der Waals surface area (Å²) in [4.78, 5) is 3.13. The first-order valence-corrected chi connectivity index (χ1v) is 6.25. The van der Waals surface area contributed by atoms with Crippen molar-refractivity contribution in [3.05, 3.63) is 16.7 Å². The largest absolute Gasteiger partial charge is 0.337 e. The highest BCUT2D eigenvalue weighted by Gasteiger charge is 2.10. The normalized spacial score (nSPS) is 13.4. The number of rotatable bonds is 5. The Morgan fingerprint density at radius 1 is 1.33 bits per heavy atom. The summed E-state index contributed by atoms with van der Waals surface area (Å²) in [5.74, 6) is 0.769. The van der Waals surface area contributed by atoms with Gasteiger partial charge in [0, 0.05) is 17.9 Å². The fourth-order valence-electron chi connectivity index (χ4n) is 1.87. The Kier molecular flexibility index (Phi) is 4.58. The third kappa shape index (κ3) is 3.20. The van der Waals surface area contributed by atoms with E-state index in [4.69, 9.17) is 12.2 Å². The van der Waals surface area contributed by atoms with E-state index in [1.807, 2.05) is 6.20 Å². The van der Waals surface area contributed by atoms with Gasteiger partial charge in [-0.05, 0) is 44.3 Å². The van der Waals surface area contributed by atoms with Crippen LogP contribution in [0.4, 0.5) is 0 Å². The smallest absolute Gasteiger partial charge is 0.177 e. The zero-order valence-electron chi connectivity index (χ0n) is 10.2. The molecule has 2 nitrogen and oxygen atoms in total. The van der Waals surface area contributed by atoms with E-state index >= 15 is 0 Å². The Bertz CT molecular complexity index is 349. The summed E-state index contributed by atoms with van der Waals surface area (Å²) >= 11 is 5.30. The Labute approximate surface area is 97.7 Å². The van der Waals surface area contributed by atoms with E-state index in [-0.39, 0.29) is 0 Å². The SMILES string of the molecule is CCc1c[nH]c(=S)n1C(C)CCC(C)C. The van der Waals surface area contributed by atoms with Gasteiger partial charge in [-0.1, -0.05) is 20.8 Å². The minimum Gasteiger partial charge on any atom is -0.337 e. The zero-order valence-corrected chi connectivity index (χ0v) is 11.0. The van der Waals surface area contributed by atoms with Gasteiger partial charge < -0.3 is 9.55 Å². The monoisotopic (exact) mass is 226 g/mol. The summed E-state index contributed by atoms with van der Waals surface area (Å²) in [5.41, 5.74) is 1.32. The van der Waals surface area contributed by atoms with Crippen molar-refractivity contribution in [2.75, 3.05) is 0 Å². The summed E-state index contributed by atoms with van der Waals surface area (Å²) in [6.45, 7) is 8.96. The van der Waals surface area contributed by atoms with Crippen molar-refractivity contribution in [3.63, 3.8) is 0 Å². The van der Waals surface area contributed by atoms with Gasteiger partial charge >= 0.3 is 0 Å². The van der Waals surface area contributed by atoms with Gasteiger partial charge in [-0.2, -0.15) is 0 Å². The molecule has 1 rings (SSSR count). The topological polar surface area (TPSA) is 20.7 Å². The molecule has 1 aromatic rings. The molecule has 0 aliphatic rings. The van der Waals surface area contributed by atoms with Gasteiger partial charge in [0.05, 0.1) is 0 Å². The molecule has 0 bridgehead atoms. The first-order chi connectivity index (χ1) is 7.06. The van der Waals surface area contributed by atoms with Crippen molar-refractivity contribution < 1.29 is 0 Å². The molecule has 0 aliphatic carbocycles. The number of hydrogen-bond acceptors (Lipinski definition) is 1. The summed E-state index contributed by atoms with van der Waals surface area (Å²) in [5, 5.41) is 0. The molecule has 1 heterocycles. The minimum absolute atomic E-state index is 0.515. The number of imidazole rings is 1. The first kappa shape index (κ1) is 12.5. The molecule has 3 heteroatoms. The van der Waals surface area contributed by atoms with E-state index in [0.29, 0.717) is 6.04 Å². The fraction of sp³-hybridized carbons (Fsp3) is 0.750. The molecule has 0 amide bonds. The highest BCUT2D eigenvalue weighted by molar-refractivity contribution is 7.71. The molecule has 0 radical (unpaired) electrons. The first-order valence-electron chi connectivity index (χ1n) is 5.85. The lowest BCUT2D eigenvalue weighted by atomic mass is 10.0. The van der Waals surface area contributed by atoms with Gasteiger partial charge in [0.1, 0.15) is 0 Å². The van der Waals surface area contributed by atoms with Crippen molar-refractivity contribution in [1.82, 2.24) is 9.55 Å². The van der Waals surface area contributed by atoms with E-state index in [0.717, 1.165) is 17.1 Å². The highest BCUT2D eigenvalue weighted by atomic mass is 32.1. The van der Waals surface area contributed by atoms with Crippen LogP contribution in [-0.2, 0) is 6.42 Å². The van der Waals surface area contributed by atoms with Gasteiger partial charge in [-0.15, -0.1) is 0 Å². The van der Waals surface area contributed by atoms with Crippen LogP contribution in [0.15, 0.2) is 6.20 Å². The number of nitrogens with zero attached hydrogens (tertiary/aromatic N) is 1. The van der Waals surface area contributed by atoms with Crippen LogP contribution in [0.25, 0.3) is 0 Å². The Morgan fingerprint density at radius 2 is 2.00 bits per heavy atom. The second-order valence-corrected chi connectivity index (χ2v) is 5.02. The Balaban J connectivity index is 2.76. The summed E-state index contributed by atoms with van der Waals surface area (Å²) in [6.07, 6.45) is 5.54. The van der Waals surface area contributed by atoms with E-state index in [2.05, 4.69) is 37.2 Å². The predicted octanol–water partition coefficient (Wildman–Crippen LogP) is 4.11. The molecule has 0 spiro atoms. The molecule has 86 valence electrons. The molecular weight excluding hydrogens is 204 g/mol. The average Bonchev–Trinajstić information content (AvgIpc) is 2.56. The lowest BCUT2D eigenvalue weighted by Crippen LogP contribution is -2.09. The second kappa shape index (κ2) is 5.50. The fourth-order valence-corrected chi connectivity index (χ4v) is 2.23. The number of aromatic amines is 1. The number of H-pyrrole nitrogens is 1. The standard InChI is InChI=1S/C12H22N2S/c1-5-11-8-13-12(15)14(11)10(4)7-6-9(2)3/h8-10H,5-7H2,1-4H3,(H,13,15). The van der Waals surface area contributed by atoms with Gasteiger partial charge in [-0.3, -0.25) is 0 Å². The van der Waals surface area contributed by atoms with Crippen LogP contribution in [-0.4, -0.2) is 9.55 Å². The molecule has 1 unspecified atom stereocenters. The zero-order chi connectivity index (χ0) is 11.4. The maximum Gasteiger partial charge on any atom is 0.177 e. The van der Waals surface area contributed by atoms with Gasteiger partial charge in [-0.25, -0.2) is 0 Å². The molecule has 1 N–H and O–H groups in total. The molecule has 15 heavy (non-hydrogen) atoms. The van der Waals surface area contributed by atoms with E-state index in [1.54, 1.807) is 0 Å². The van der Waals surface area contributed by atoms with Crippen LogP contribution < -0.4 is 0 Å². The molecule has 0 saturated heterocycles. The number of aromatic nitrogens is 2. The van der Waals surface area contributed by atoms with E-state index < -0.39 is 0 Å². The summed E-state index contributed by atoms with van der Waals surface area (Å²) < 4.78 is 3.13. The second-order valence-electron chi connectivity index (χ2n) is 4.63. The summed E-state index contributed by atoms with van der Waals surface area (Å²) in [7, 11) is 0. The quantitative estimate of drug-likeness (QED) is 0.749. The highest BCUT2D eigenvalue weighted by Crippen LogP contribution is 2.19. The third-order valence-corrected chi connectivity index (χ3v) is 3.17. The van der Waals surface area contributed by atoms with Gasteiger partial charge in [0.15, 0.2) is 4.77 Å². The summed E-state index contributed by atoms with van der Waals surface area (Å²) in [6, 6.07) is 0.515. The predicted molar refractivity (Wildman–Crippen MR) is 67.8 cm³/mol. The molecule has 0 aliphatic heterocycles. The molecule has 1 aromatic heterocycles. The Morgan fingerprint density at radius 3 is 2.53 bits per heavy atom. The minimum atomic E-state index is 0.515. The lowest BCUT2D eigenvalue weighted by molar-refractivity contribution is 0.428. The molecular formula is C12H22N2S. The number of hydrogen-bond donors (Lipinski definition) is 1. The van der Waals surface area contributed by atoms with Crippen LogP contribution in [0.3, 0.4) is 0 Å². The maximum atomic E-state index is 5.30. The maximum absolute atomic E-state index is 5.30. The third-order valence-electron chi connectivity index (χ3n) is 2.86. The lowest BCUT2D eigenvalue weighted by Gasteiger charge is -2.17. The van der Waals surface area contributed by atoms with Crippen molar-refractivity contribution in [3.8, 4) is 0 Å². The van der Waals surface area contributed by atoms with Gasteiger partial charge in [0.2, 0.25) is 0 Å². The number of aryl methyl sites for hydroxylation is 1. The molecule has 1 atom stereocenters. The van der Waals surface area contributed by atoms with Crippen LogP contribution in [0.5, 0.6) is 0 Å². The van der Waals surface area contributed by atoms with Crippen LogP contribution in [0.1, 0.15) is 52.3 Å².